The molecule has 2 aromatic rings. The Morgan fingerprint density at radius 3 is 3.06 bits per heavy atom. The van der Waals surface area contributed by atoms with Crippen LogP contribution in [-0.4, -0.2) is 26.6 Å². The molecule has 17 heavy (non-hydrogen) atoms. The maximum Gasteiger partial charge on any atom is 0.188 e. The molecule has 7 heteroatoms. The van der Waals surface area contributed by atoms with E-state index in [1.807, 2.05) is 11.6 Å². The van der Waals surface area contributed by atoms with E-state index in [1.54, 1.807) is 12.4 Å². The first-order valence-electron chi connectivity index (χ1n) is 5.27. The zero-order chi connectivity index (χ0) is 11.9. The van der Waals surface area contributed by atoms with Gasteiger partial charge in [0.25, 0.3) is 0 Å². The van der Waals surface area contributed by atoms with E-state index in [2.05, 4.69) is 25.6 Å². The molecule has 0 saturated heterocycles. The van der Waals surface area contributed by atoms with E-state index >= 15 is 0 Å². The van der Waals surface area contributed by atoms with Crippen molar-refractivity contribution in [3.63, 3.8) is 0 Å². The SMILES string of the molecule is S=C(NCCCc1ncc[nH]1)Nc1nccs1. The molecular weight excluding hydrogens is 254 g/mol. The summed E-state index contributed by atoms with van der Waals surface area (Å²) in [6.07, 6.45) is 7.23. The van der Waals surface area contributed by atoms with E-state index < -0.39 is 0 Å². The van der Waals surface area contributed by atoms with Gasteiger partial charge < -0.3 is 15.6 Å². The van der Waals surface area contributed by atoms with Crippen LogP contribution in [0.25, 0.3) is 0 Å². The van der Waals surface area contributed by atoms with Crippen molar-refractivity contribution in [2.45, 2.75) is 12.8 Å². The smallest absolute Gasteiger partial charge is 0.188 e. The van der Waals surface area contributed by atoms with Crippen molar-refractivity contribution < 1.29 is 0 Å². The lowest BCUT2D eigenvalue weighted by atomic mass is 10.3. The van der Waals surface area contributed by atoms with Crippen LogP contribution < -0.4 is 10.6 Å². The Bertz CT molecular complexity index is 437. The Balaban J connectivity index is 1.60. The molecule has 0 unspecified atom stereocenters. The van der Waals surface area contributed by atoms with Crippen molar-refractivity contribution in [2.75, 3.05) is 11.9 Å². The van der Waals surface area contributed by atoms with E-state index in [4.69, 9.17) is 12.2 Å². The van der Waals surface area contributed by atoms with Crippen molar-refractivity contribution in [2.24, 2.45) is 0 Å². The van der Waals surface area contributed by atoms with E-state index in [9.17, 15) is 0 Å². The predicted octanol–water partition coefficient (Wildman–Crippen LogP) is 1.79. The number of aryl methyl sites for hydroxylation is 1. The summed E-state index contributed by atoms with van der Waals surface area (Å²) in [4.78, 5) is 11.3. The summed E-state index contributed by atoms with van der Waals surface area (Å²) in [5.41, 5.74) is 0. The number of hydrogen-bond acceptors (Lipinski definition) is 4. The lowest BCUT2D eigenvalue weighted by Gasteiger charge is -2.07. The summed E-state index contributed by atoms with van der Waals surface area (Å²) in [7, 11) is 0. The third-order valence-corrected chi connectivity index (χ3v) is 3.02. The summed E-state index contributed by atoms with van der Waals surface area (Å²) in [6.45, 7) is 0.817. The average Bonchev–Trinajstić information content (AvgIpc) is 2.96. The van der Waals surface area contributed by atoms with Gasteiger partial charge in [0.15, 0.2) is 10.2 Å². The van der Waals surface area contributed by atoms with Crippen LogP contribution in [0.3, 0.4) is 0 Å². The molecule has 2 heterocycles. The Labute approximate surface area is 109 Å². The zero-order valence-corrected chi connectivity index (χ0v) is 10.8. The van der Waals surface area contributed by atoms with E-state index in [0.29, 0.717) is 5.11 Å². The second-order valence-electron chi connectivity index (χ2n) is 3.36. The third kappa shape index (κ3) is 4.12. The summed E-state index contributed by atoms with van der Waals surface area (Å²) >= 11 is 6.66. The molecule has 3 N–H and O–H groups in total. The number of aromatic nitrogens is 3. The lowest BCUT2D eigenvalue weighted by Crippen LogP contribution is -2.29. The molecular formula is C10H13N5S2. The molecule has 0 aromatic carbocycles. The molecule has 0 atom stereocenters. The Morgan fingerprint density at radius 2 is 2.35 bits per heavy atom. The van der Waals surface area contributed by atoms with E-state index in [1.165, 1.54) is 11.3 Å². The number of nitrogens with one attached hydrogen (secondary N) is 3. The maximum atomic E-state index is 5.14. The first-order valence-corrected chi connectivity index (χ1v) is 6.56. The fraction of sp³-hybridized carbons (Fsp3) is 0.300. The number of thiocarbonyl (C=S) groups is 1. The quantitative estimate of drug-likeness (QED) is 0.569. The van der Waals surface area contributed by atoms with Crippen LogP contribution in [-0.2, 0) is 6.42 Å². The van der Waals surface area contributed by atoms with Crippen LogP contribution in [0.4, 0.5) is 5.13 Å². The van der Waals surface area contributed by atoms with E-state index in [0.717, 1.165) is 30.3 Å². The standard InChI is InChI=1S/C10H13N5S2/c16-9(15-10-14-6-7-17-10)13-3-1-2-8-11-4-5-12-8/h4-7H,1-3H2,(H,11,12)(H2,13,14,15,16). The molecule has 0 aliphatic heterocycles. The number of nitrogens with zero attached hydrogens (tertiary/aromatic N) is 2. The van der Waals surface area contributed by atoms with Crippen molar-refractivity contribution in [1.82, 2.24) is 20.3 Å². The lowest BCUT2D eigenvalue weighted by molar-refractivity contribution is 0.751. The van der Waals surface area contributed by atoms with Gasteiger partial charge >= 0.3 is 0 Å². The fourth-order valence-corrected chi connectivity index (χ4v) is 2.12. The molecule has 2 rings (SSSR count). The minimum atomic E-state index is 0.611. The number of thiazole rings is 1. The Kier molecular flexibility index (Phi) is 4.45. The number of hydrogen-bond donors (Lipinski definition) is 3. The first kappa shape index (κ1) is 12.0. The highest BCUT2D eigenvalue weighted by molar-refractivity contribution is 7.80. The normalized spacial score (nSPS) is 10.1. The molecule has 2 aromatic heterocycles. The second kappa shape index (κ2) is 6.31. The second-order valence-corrected chi connectivity index (χ2v) is 4.66. The number of rotatable bonds is 5. The average molecular weight is 267 g/mol. The van der Waals surface area contributed by atoms with Crippen LogP contribution in [0, 0.1) is 0 Å². The maximum absolute atomic E-state index is 5.14. The van der Waals surface area contributed by atoms with E-state index in [-0.39, 0.29) is 0 Å². The molecule has 0 amide bonds. The van der Waals surface area contributed by atoms with Crippen LogP contribution in [0.1, 0.15) is 12.2 Å². The first-order chi connectivity index (χ1) is 8.34. The Hall–Kier alpha value is -1.47. The minimum Gasteiger partial charge on any atom is -0.362 e. The molecule has 0 fully saturated rings. The third-order valence-electron chi connectivity index (χ3n) is 2.08. The number of anilines is 1. The van der Waals surface area contributed by atoms with Gasteiger partial charge in [0.05, 0.1) is 0 Å². The molecule has 0 radical (unpaired) electrons. The van der Waals surface area contributed by atoms with Gasteiger partial charge in [-0.05, 0) is 18.6 Å². The van der Waals surface area contributed by atoms with Crippen molar-refractivity contribution in [3.8, 4) is 0 Å². The highest BCUT2D eigenvalue weighted by Crippen LogP contribution is 2.09. The van der Waals surface area contributed by atoms with Gasteiger partial charge in [-0.1, -0.05) is 0 Å². The minimum absolute atomic E-state index is 0.611. The van der Waals surface area contributed by atoms with Crippen LogP contribution in [0.5, 0.6) is 0 Å². The van der Waals surface area contributed by atoms with Crippen LogP contribution in [0.15, 0.2) is 24.0 Å². The van der Waals surface area contributed by atoms with Gasteiger partial charge in [0.2, 0.25) is 0 Å². The predicted molar refractivity (Wildman–Crippen MR) is 73.2 cm³/mol. The summed E-state index contributed by atoms with van der Waals surface area (Å²) in [6, 6.07) is 0. The number of aromatic amines is 1. The van der Waals surface area contributed by atoms with Gasteiger partial charge in [-0.25, -0.2) is 9.97 Å². The highest BCUT2D eigenvalue weighted by Gasteiger charge is 1.99. The van der Waals surface area contributed by atoms with Gasteiger partial charge in [0.1, 0.15) is 5.82 Å². The summed E-state index contributed by atoms with van der Waals surface area (Å²) < 4.78 is 0. The topological polar surface area (TPSA) is 65.6 Å². The number of imidazole rings is 1. The van der Waals surface area contributed by atoms with Gasteiger partial charge in [-0.15, -0.1) is 11.3 Å². The molecule has 0 bridgehead atoms. The monoisotopic (exact) mass is 267 g/mol. The largest absolute Gasteiger partial charge is 0.362 e. The zero-order valence-electron chi connectivity index (χ0n) is 9.14. The van der Waals surface area contributed by atoms with Crippen LogP contribution in [0.2, 0.25) is 0 Å². The number of H-pyrrole nitrogens is 1. The molecule has 0 aliphatic rings. The Morgan fingerprint density at radius 1 is 1.41 bits per heavy atom. The van der Waals surface area contributed by atoms with Crippen molar-refractivity contribution in [1.29, 1.82) is 0 Å². The molecule has 0 aliphatic carbocycles. The summed E-state index contributed by atoms with van der Waals surface area (Å²) in [5, 5.41) is 9.48. The fourth-order valence-electron chi connectivity index (χ4n) is 1.32. The summed E-state index contributed by atoms with van der Waals surface area (Å²) in [5.74, 6) is 1.01. The van der Waals surface area contributed by atoms with Gasteiger partial charge in [-0.2, -0.15) is 0 Å². The van der Waals surface area contributed by atoms with Crippen molar-refractivity contribution >= 4 is 33.8 Å². The van der Waals surface area contributed by atoms with Crippen LogP contribution >= 0.6 is 23.6 Å². The van der Waals surface area contributed by atoms with Crippen molar-refractivity contribution in [3.05, 3.63) is 29.8 Å². The van der Waals surface area contributed by atoms with Gasteiger partial charge in [0, 0.05) is 36.9 Å². The molecule has 5 nitrogen and oxygen atoms in total. The molecule has 0 saturated carbocycles. The molecule has 90 valence electrons. The highest BCUT2D eigenvalue weighted by atomic mass is 32.1. The molecule has 0 spiro atoms. The van der Waals surface area contributed by atoms with Gasteiger partial charge in [-0.3, -0.25) is 0 Å².